The molecule has 2 aliphatic carbocycles. The minimum Gasteiger partial charge on any atom is -0.443 e. The highest BCUT2D eigenvalue weighted by molar-refractivity contribution is 6.31. The first-order valence-electron chi connectivity index (χ1n) is 21.8. The predicted octanol–water partition coefficient (Wildman–Crippen LogP) is 10.6. The summed E-state index contributed by atoms with van der Waals surface area (Å²) < 4.78 is 66.4. The van der Waals surface area contributed by atoms with Gasteiger partial charge in [-0.2, -0.15) is 10.5 Å². The van der Waals surface area contributed by atoms with Gasteiger partial charge in [0, 0.05) is 64.5 Å². The summed E-state index contributed by atoms with van der Waals surface area (Å²) in [6, 6.07) is 22.1. The molecule has 3 aromatic heterocycles. The van der Waals surface area contributed by atoms with Gasteiger partial charge in [0.25, 0.3) is 11.8 Å². The van der Waals surface area contributed by atoms with Gasteiger partial charge in [-0.1, -0.05) is 23.2 Å². The van der Waals surface area contributed by atoms with E-state index in [2.05, 4.69) is 30.9 Å². The second-order valence-electron chi connectivity index (χ2n) is 15.9. The Morgan fingerprint density at radius 1 is 0.689 bits per heavy atom. The summed E-state index contributed by atoms with van der Waals surface area (Å²) in [7, 11) is 0. The Bertz CT molecular complexity index is 3290. The van der Waals surface area contributed by atoms with Gasteiger partial charge in [0.15, 0.2) is 0 Å². The van der Waals surface area contributed by atoms with E-state index in [1.54, 1.807) is 24.3 Å². The van der Waals surface area contributed by atoms with Crippen molar-refractivity contribution in [3.05, 3.63) is 205 Å². The van der Waals surface area contributed by atoms with Crippen LogP contribution < -0.4 is 21.7 Å². The van der Waals surface area contributed by atoms with E-state index in [-0.39, 0.29) is 58.7 Å². The summed E-state index contributed by atoms with van der Waals surface area (Å²) in [5.41, 5.74) is 10.8. The van der Waals surface area contributed by atoms with Crippen molar-refractivity contribution in [1.82, 2.24) is 24.8 Å². The number of nitriles is 2. The van der Waals surface area contributed by atoms with E-state index in [4.69, 9.17) is 48.9 Å². The molecule has 4 aromatic carbocycles. The second kappa shape index (κ2) is 25.3. The SMILES string of the molecule is Cl.N#Cc1ccc(COC(=O)N[C@H]2CCc3c(C(=O)Nc4ccc(F)c(Cl)c4)ccc(F)c32)nc1.N#Cc1ccc(COC(=O)n2ccnc2)nc1.N[C@H]1CCc2c(C(=O)Nc3ccc(F)c(Cl)c3)ccc(F)c21. The van der Waals surface area contributed by atoms with E-state index in [1.165, 1.54) is 84.2 Å². The predicted molar refractivity (Wildman–Crippen MR) is 264 cm³/mol. The van der Waals surface area contributed by atoms with E-state index in [0.29, 0.717) is 81.8 Å². The number of carbonyl (C=O) groups is 4. The molecule has 0 aliphatic heterocycles. The maximum absolute atomic E-state index is 14.7. The largest absolute Gasteiger partial charge is 0.443 e. The van der Waals surface area contributed by atoms with Crippen LogP contribution in [0.1, 0.15) is 90.4 Å². The summed E-state index contributed by atoms with van der Waals surface area (Å²) in [6.45, 7) is -0.0645. The van der Waals surface area contributed by atoms with Crippen molar-refractivity contribution in [2.75, 3.05) is 10.6 Å². The second-order valence-corrected chi connectivity index (χ2v) is 16.7. The molecule has 0 bridgehead atoms. The molecule has 0 saturated heterocycles. The molecule has 7 aromatic rings. The third kappa shape index (κ3) is 13.8. The maximum atomic E-state index is 14.7. The van der Waals surface area contributed by atoms with E-state index >= 15 is 0 Å². The number of nitrogens with one attached hydrogen (secondary N) is 3. The highest BCUT2D eigenvalue weighted by Crippen LogP contribution is 2.37. The minimum absolute atomic E-state index is 0. The Labute approximate surface area is 435 Å². The number of fused-ring (bicyclic) bond motifs is 2. The zero-order valence-corrected chi connectivity index (χ0v) is 40.6. The molecule has 3 heterocycles. The molecule has 5 N–H and O–H groups in total. The quantitative estimate of drug-likeness (QED) is 0.0988. The lowest BCUT2D eigenvalue weighted by molar-refractivity contribution is 0.101. The van der Waals surface area contributed by atoms with Gasteiger partial charge in [-0.15, -0.1) is 12.4 Å². The number of anilines is 2. The average Bonchev–Trinajstić information content (AvgIpc) is 4.18. The number of pyridine rings is 2. The zero-order chi connectivity index (χ0) is 52.2. The standard InChI is InChI=1S/C24H17ClF2N4O3.C16H13ClF2N2O.C11H8N4O2.ClH/c25-18-9-14(3-6-19(18)26)30-23(32)17-4-7-20(27)22-16(17)5-8-21(22)31-24(33)34-12-15-2-1-13(10-28)11-29-15;17-11-7-8(1-4-12(11)18)21-16(22)10-2-5-13(19)15-9(10)3-6-14(15)20;12-5-9-1-2-10(14-6-9)7-17-11(16)15-4-3-13-8-15;/h1-4,6-7,9,11,21H,5,8,12H2,(H,30,32)(H,31,33);1-2,4-5,7,14H,3,6,20H2,(H,21,22);1-4,6,8H,7H2;1H/t21-;14-;;/m00../s1. The molecule has 9 rings (SSSR count). The van der Waals surface area contributed by atoms with Crippen molar-refractivity contribution in [3.63, 3.8) is 0 Å². The van der Waals surface area contributed by atoms with Crippen molar-refractivity contribution in [1.29, 1.82) is 10.5 Å². The number of hydrogen-bond acceptors (Lipinski definition) is 12. The maximum Gasteiger partial charge on any atom is 0.419 e. The molecule has 74 heavy (non-hydrogen) atoms. The average molecular weight is 1070 g/mol. The van der Waals surface area contributed by atoms with Crippen molar-refractivity contribution in [3.8, 4) is 12.1 Å². The third-order valence-corrected chi connectivity index (χ3v) is 11.7. The topological polar surface area (TPSA) is 240 Å². The van der Waals surface area contributed by atoms with Gasteiger partial charge in [0.1, 0.15) is 54.9 Å². The molecule has 3 amide bonds. The Kier molecular flexibility index (Phi) is 18.8. The van der Waals surface area contributed by atoms with Gasteiger partial charge in [-0.25, -0.2) is 36.7 Å². The lowest BCUT2D eigenvalue weighted by atomic mass is 10.0. The monoisotopic (exact) mass is 1070 g/mol. The first-order chi connectivity index (χ1) is 35.1. The molecular weight excluding hydrogens is 1030 g/mol. The zero-order valence-electron chi connectivity index (χ0n) is 38.3. The van der Waals surface area contributed by atoms with Gasteiger partial charge in [-0.05, 0) is 122 Å². The summed E-state index contributed by atoms with van der Waals surface area (Å²) >= 11 is 11.4. The Morgan fingerprint density at radius 3 is 1.68 bits per heavy atom. The normalized spacial score (nSPS) is 13.6. The van der Waals surface area contributed by atoms with Crippen LogP contribution in [0.3, 0.4) is 0 Å². The number of hydrogen-bond donors (Lipinski definition) is 4. The van der Waals surface area contributed by atoms with Crippen LogP contribution in [0.5, 0.6) is 0 Å². The molecule has 0 saturated carbocycles. The first kappa shape index (κ1) is 54.9. The van der Waals surface area contributed by atoms with Crippen LogP contribution in [0.25, 0.3) is 0 Å². The number of ether oxygens (including phenoxy) is 2. The number of amides is 3. The van der Waals surface area contributed by atoms with Crippen LogP contribution in [0.4, 0.5) is 38.5 Å². The highest BCUT2D eigenvalue weighted by atomic mass is 35.5. The van der Waals surface area contributed by atoms with Crippen molar-refractivity contribution in [2.24, 2.45) is 5.73 Å². The van der Waals surface area contributed by atoms with Crippen molar-refractivity contribution in [2.45, 2.75) is 51.0 Å². The number of halogens is 7. The molecule has 0 fully saturated rings. The number of aromatic nitrogens is 4. The lowest BCUT2D eigenvalue weighted by Gasteiger charge is -2.16. The number of benzene rings is 4. The van der Waals surface area contributed by atoms with Crippen LogP contribution in [-0.4, -0.2) is 43.5 Å². The molecule has 2 aliphatic rings. The number of nitrogens with two attached hydrogens (primary N) is 1. The fraction of sp³-hybridized carbons (Fsp3) is 0.157. The summed E-state index contributed by atoms with van der Waals surface area (Å²) in [6.07, 6.45) is 7.76. The number of alkyl carbamates (subject to hydrolysis) is 1. The molecule has 0 radical (unpaired) electrons. The van der Waals surface area contributed by atoms with Crippen LogP contribution in [0.2, 0.25) is 10.0 Å². The first-order valence-corrected chi connectivity index (χ1v) is 22.6. The Morgan fingerprint density at radius 2 is 1.19 bits per heavy atom. The number of carbonyl (C=O) groups excluding carboxylic acids is 4. The molecule has 16 nitrogen and oxygen atoms in total. The fourth-order valence-electron chi connectivity index (χ4n) is 7.63. The van der Waals surface area contributed by atoms with E-state index < -0.39 is 47.5 Å². The Balaban J connectivity index is 0.000000192. The van der Waals surface area contributed by atoms with Crippen molar-refractivity contribution < 1.29 is 46.2 Å². The smallest absolute Gasteiger partial charge is 0.419 e. The molecule has 378 valence electrons. The molecular formula is C51H39Cl3F4N10O6. The summed E-state index contributed by atoms with van der Waals surface area (Å²) in [5, 5.41) is 25.1. The van der Waals surface area contributed by atoms with E-state index in [1.807, 2.05) is 12.1 Å². The molecule has 23 heteroatoms. The van der Waals surface area contributed by atoms with Gasteiger partial charge in [-0.3, -0.25) is 19.6 Å². The number of rotatable bonds is 9. The van der Waals surface area contributed by atoms with Gasteiger partial charge in [0.05, 0.1) is 38.6 Å². The fourth-order valence-corrected chi connectivity index (χ4v) is 7.99. The highest BCUT2D eigenvalue weighted by Gasteiger charge is 2.32. The van der Waals surface area contributed by atoms with Crippen LogP contribution in [-0.2, 0) is 35.5 Å². The van der Waals surface area contributed by atoms with Crippen LogP contribution >= 0.6 is 35.6 Å². The van der Waals surface area contributed by atoms with Gasteiger partial charge < -0.3 is 31.2 Å². The summed E-state index contributed by atoms with van der Waals surface area (Å²) in [4.78, 5) is 60.6. The van der Waals surface area contributed by atoms with Crippen LogP contribution in [0.15, 0.2) is 116 Å². The third-order valence-electron chi connectivity index (χ3n) is 11.2. The Hall–Kier alpha value is -8.40. The minimum atomic E-state index is -0.765. The number of imidazole rings is 1. The van der Waals surface area contributed by atoms with E-state index in [9.17, 15) is 36.7 Å². The van der Waals surface area contributed by atoms with Crippen LogP contribution in [0, 0.1) is 45.9 Å². The van der Waals surface area contributed by atoms with Crippen molar-refractivity contribution >= 4 is 71.0 Å². The van der Waals surface area contributed by atoms with Gasteiger partial charge >= 0.3 is 12.2 Å². The lowest BCUT2D eigenvalue weighted by Crippen LogP contribution is -2.28. The molecule has 0 spiro atoms. The number of nitrogens with zero attached hydrogens (tertiary/aromatic N) is 6. The van der Waals surface area contributed by atoms with E-state index in [0.717, 1.165) is 12.1 Å². The van der Waals surface area contributed by atoms with Gasteiger partial charge in [0.2, 0.25) is 0 Å². The summed E-state index contributed by atoms with van der Waals surface area (Å²) in [5.74, 6) is -3.01. The molecule has 0 unspecified atom stereocenters. The molecule has 2 atom stereocenters.